The van der Waals surface area contributed by atoms with Crippen LogP contribution >= 0.6 is 0 Å². The van der Waals surface area contributed by atoms with Crippen LogP contribution in [0.5, 0.6) is 11.5 Å². The van der Waals surface area contributed by atoms with Crippen LogP contribution in [0.25, 0.3) is 0 Å². The normalized spacial score (nSPS) is 14.5. The van der Waals surface area contributed by atoms with Gasteiger partial charge in [-0.1, -0.05) is 0 Å². The van der Waals surface area contributed by atoms with E-state index in [0.717, 1.165) is 11.8 Å². The predicted octanol–water partition coefficient (Wildman–Crippen LogP) is 4.60. The van der Waals surface area contributed by atoms with Gasteiger partial charge in [0.05, 0.1) is 0 Å². The Bertz CT molecular complexity index is 1220. The monoisotopic (exact) mass is 443 g/mol. The number of carbonyl (C=O) groups excluding carboxylic acids is 1. The molecule has 3 N–H and O–H groups in total. The van der Waals surface area contributed by atoms with Crippen molar-refractivity contribution < 1.29 is 27.4 Å². The Morgan fingerprint density at radius 3 is 2.59 bits per heavy atom. The summed E-state index contributed by atoms with van der Waals surface area (Å²) in [5.74, 6) is 0.587. The van der Waals surface area contributed by atoms with E-state index in [9.17, 15) is 18.0 Å². The van der Waals surface area contributed by atoms with E-state index in [1.807, 2.05) is 0 Å². The Morgan fingerprint density at radius 2 is 1.75 bits per heavy atom. The second-order valence-electron chi connectivity index (χ2n) is 7.19. The van der Waals surface area contributed by atoms with Gasteiger partial charge >= 0.3 is 6.18 Å². The van der Waals surface area contributed by atoms with Crippen molar-refractivity contribution in [1.29, 1.82) is 0 Å². The Labute approximate surface area is 179 Å². The fourth-order valence-electron chi connectivity index (χ4n) is 3.45. The van der Waals surface area contributed by atoms with Crippen LogP contribution in [0, 0.1) is 0 Å². The van der Waals surface area contributed by atoms with Crippen molar-refractivity contribution in [2.75, 3.05) is 22.7 Å². The molecule has 32 heavy (non-hydrogen) atoms. The number of rotatable bonds is 4. The summed E-state index contributed by atoms with van der Waals surface area (Å²) in [6.07, 6.45) is -3.10. The molecule has 2 aliphatic heterocycles. The molecule has 164 valence electrons. The van der Waals surface area contributed by atoms with Crippen LogP contribution in [-0.4, -0.2) is 22.7 Å². The quantitative estimate of drug-likeness (QED) is 0.542. The summed E-state index contributed by atoms with van der Waals surface area (Å²) in [5.41, 5.74) is 1.42. The summed E-state index contributed by atoms with van der Waals surface area (Å²) < 4.78 is 51.2. The second-order valence-corrected chi connectivity index (χ2v) is 7.19. The number of amides is 1. The number of alkyl halides is 3. The molecule has 0 unspecified atom stereocenters. The van der Waals surface area contributed by atoms with Gasteiger partial charge in [0.2, 0.25) is 18.6 Å². The lowest BCUT2D eigenvalue weighted by atomic mass is 10.0. The molecule has 5 rings (SSSR count). The molecule has 0 saturated heterocycles. The molecule has 0 radical (unpaired) electrons. The first-order valence-electron chi connectivity index (χ1n) is 9.66. The number of ether oxygens (including phenoxy) is 2. The summed E-state index contributed by atoms with van der Waals surface area (Å²) in [4.78, 5) is 19.4. The van der Waals surface area contributed by atoms with Gasteiger partial charge in [-0.2, -0.15) is 18.2 Å². The molecule has 0 bridgehead atoms. The minimum atomic E-state index is -4.65. The first-order chi connectivity index (χ1) is 15.3. The van der Waals surface area contributed by atoms with Gasteiger partial charge in [0, 0.05) is 35.7 Å². The van der Waals surface area contributed by atoms with E-state index in [1.165, 1.54) is 0 Å². The molecule has 0 spiro atoms. The molecule has 2 aromatic carbocycles. The second kappa shape index (κ2) is 7.59. The topological polar surface area (TPSA) is 97.4 Å². The SMILES string of the molecule is O=C1CCc2cc(Nc3nc(Nc4ccc5c(c4)OCO5)ncc3C(F)(F)F)ccc2N1. The van der Waals surface area contributed by atoms with Gasteiger partial charge in [-0.05, 0) is 42.3 Å². The molecule has 2 aliphatic rings. The molecular weight excluding hydrogens is 427 g/mol. The minimum Gasteiger partial charge on any atom is -0.454 e. The summed E-state index contributed by atoms with van der Waals surface area (Å²) in [6, 6.07) is 9.93. The molecular formula is C21H16F3N5O3. The standard InChI is InChI=1S/C21H16F3N5O3/c22-21(23,24)14-9-25-20(27-13-3-5-16-17(8-13)32-10-31-16)29-19(14)26-12-2-4-15-11(7-12)1-6-18(30)28-15/h2-5,7-9H,1,6,10H2,(H,28,30)(H2,25,26,27,29). The number of carbonyl (C=O) groups is 1. The molecule has 8 nitrogen and oxygen atoms in total. The first kappa shape index (κ1) is 19.9. The highest BCUT2D eigenvalue weighted by Crippen LogP contribution is 2.37. The summed E-state index contributed by atoms with van der Waals surface area (Å²) in [5, 5.41) is 8.36. The Morgan fingerprint density at radius 1 is 0.969 bits per heavy atom. The van der Waals surface area contributed by atoms with Crippen molar-refractivity contribution >= 4 is 34.7 Å². The molecule has 1 amide bonds. The number of halogens is 3. The highest BCUT2D eigenvalue weighted by molar-refractivity contribution is 5.94. The van der Waals surface area contributed by atoms with Crippen LogP contribution in [0.3, 0.4) is 0 Å². The lowest BCUT2D eigenvalue weighted by molar-refractivity contribution is -0.137. The number of benzene rings is 2. The van der Waals surface area contributed by atoms with Crippen LogP contribution < -0.4 is 25.4 Å². The number of fused-ring (bicyclic) bond motifs is 2. The van der Waals surface area contributed by atoms with E-state index in [2.05, 4.69) is 25.9 Å². The fourth-order valence-corrected chi connectivity index (χ4v) is 3.45. The third-order valence-corrected chi connectivity index (χ3v) is 4.99. The van der Waals surface area contributed by atoms with Crippen molar-refractivity contribution in [2.45, 2.75) is 19.0 Å². The zero-order valence-corrected chi connectivity index (χ0v) is 16.4. The highest BCUT2D eigenvalue weighted by Gasteiger charge is 2.35. The number of nitrogens with zero attached hydrogens (tertiary/aromatic N) is 2. The van der Waals surface area contributed by atoms with E-state index in [4.69, 9.17) is 9.47 Å². The first-order valence-corrected chi connectivity index (χ1v) is 9.66. The Hall–Kier alpha value is -4.02. The highest BCUT2D eigenvalue weighted by atomic mass is 19.4. The van der Waals surface area contributed by atoms with Gasteiger partial charge in [-0.15, -0.1) is 0 Å². The maximum atomic E-state index is 13.6. The molecule has 3 aromatic rings. The molecule has 0 aliphatic carbocycles. The van der Waals surface area contributed by atoms with Crippen LogP contribution in [0.2, 0.25) is 0 Å². The largest absolute Gasteiger partial charge is 0.454 e. The van der Waals surface area contributed by atoms with Crippen LogP contribution in [0.1, 0.15) is 17.5 Å². The van der Waals surface area contributed by atoms with Gasteiger partial charge in [-0.3, -0.25) is 4.79 Å². The van der Waals surface area contributed by atoms with Gasteiger partial charge in [0.25, 0.3) is 0 Å². The van der Waals surface area contributed by atoms with Gasteiger partial charge in [0.1, 0.15) is 11.4 Å². The predicted molar refractivity (Wildman–Crippen MR) is 110 cm³/mol. The number of aryl methyl sites for hydroxylation is 1. The van der Waals surface area contributed by atoms with E-state index in [-0.39, 0.29) is 18.6 Å². The fraction of sp³-hybridized carbons (Fsp3) is 0.190. The zero-order valence-electron chi connectivity index (χ0n) is 16.4. The number of hydrogen-bond donors (Lipinski definition) is 3. The lowest BCUT2D eigenvalue weighted by Gasteiger charge is -2.19. The van der Waals surface area contributed by atoms with Crippen LogP contribution in [0.15, 0.2) is 42.6 Å². The van der Waals surface area contributed by atoms with E-state index < -0.39 is 17.6 Å². The minimum absolute atomic E-state index is 0.0235. The summed E-state index contributed by atoms with van der Waals surface area (Å²) >= 11 is 0. The lowest BCUT2D eigenvalue weighted by Crippen LogP contribution is -2.19. The zero-order chi connectivity index (χ0) is 22.3. The molecule has 0 fully saturated rings. The smallest absolute Gasteiger partial charge is 0.421 e. The molecule has 11 heteroatoms. The maximum Gasteiger partial charge on any atom is 0.421 e. The summed E-state index contributed by atoms with van der Waals surface area (Å²) in [6.45, 7) is 0.105. The van der Waals surface area contributed by atoms with Crippen LogP contribution in [0.4, 0.5) is 42.0 Å². The third kappa shape index (κ3) is 3.96. The number of aromatic nitrogens is 2. The van der Waals surface area contributed by atoms with Crippen molar-refractivity contribution in [1.82, 2.24) is 9.97 Å². The van der Waals surface area contributed by atoms with E-state index in [1.54, 1.807) is 36.4 Å². The van der Waals surface area contributed by atoms with Crippen molar-refractivity contribution in [2.24, 2.45) is 0 Å². The third-order valence-electron chi connectivity index (χ3n) is 4.99. The average molecular weight is 443 g/mol. The molecule has 1 aromatic heterocycles. The number of hydrogen-bond acceptors (Lipinski definition) is 7. The molecule has 0 atom stereocenters. The Kier molecular flexibility index (Phi) is 4.72. The van der Waals surface area contributed by atoms with E-state index >= 15 is 0 Å². The van der Waals surface area contributed by atoms with Gasteiger partial charge < -0.3 is 25.4 Å². The average Bonchev–Trinajstić information content (AvgIpc) is 3.21. The van der Waals surface area contributed by atoms with Crippen molar-refractivity contribution in [3.63, 3.8) is 0 Å². The number of anilines is 5. The molecule has 0 saturated carbocycles. The molecule has 3 heterocycles. The maximum absolute atomic E-state index is 13.6. The van der Waals surface area contributed by atoms with E-state index in [0.29, 0.717) is 41.4 Å². The van der Waals surface area contributed by atoms with Crippen LogP contribution in [-0.2, 0) is 17.4 Å². The van der Waals surface area contributed by atoms with Crippen molar-refractivity contribution in [3.05, 3.63) is 53.7 Å². The van der Waals surface area contributed by atoms with Gasteiger partial charge in [-0.25, -0.2) is 4.98 Å². The summed E-state index contributed by atoms with van der Waals surface area (Å²) in [7, 11) is 0. The van der Waals surface area contributed by atoms with Gasteiger partial charge in [0.15, 0.2) is 11.5 Å². The van der Waals surface area contributed by atoms with Crippen molar-refractivity contribution in [3.8, 4) is 11.5 Å². The number of nitrogens with one attached hydrogen (secondary N) is 3. The Balaban J connectivity index is 1.44.